The van der Waals surface area contributed by atoms with Gasteiger partial charge in [0.25, 0.3) is 5.69 Å². The molecule has 3 heterocycles. The minimum absolute atomic E-state index is 0.0627. The molecule has 1 unspecified atom stereocenters. The summed E-state index contributed by atoms with van der Waals surface area (Å²) in [5, 5.41) is 12.5. The highest BCUT2D eigenvalue weighted by atomic mass is 32.2. The zero-order chi connectivity index (χ0) is 36.3. The molecule has 51 heavy (non-hydrogen) atoms. The van der Waals surface area contributed by atoms with E-state index in [0.29, 0.717) is 13.1 Å². The van der Waals surface area contributed by atoms with Crippen LogP contribution in [0.1, 0.15) is 11.1 Å². The number of aromatic amines is 1. The van der Waals surface area contributed by atoms with Gasteiger partial charge >= 0.3 is 5.82 Å². The molecule has 1 aliphatic heterocycles. The van der Waals surface area contributed by atoms with Gasteiger partial charge in [0.05, 0.1) is 15.5 Å². The lowest BCUT2D eigenvalue weighted by Gasteiger charge is -2.23. The van der Waals surface area contributed by atoms with Crippen LogP contribution in [0.4, 0.5) is 17.3 Å². The Morgan fingerprint density at radius 2 is 1.59 bits per heavy atom. The highest BCUT2D eigenvalue weighted by Gasteiger charge is 2.42. The number of nitro groups is 1. The average Bonchev–Trinajstić information content (AvgIpc) is 3.56. The van der Waals surface area contributed by atoms with Crippen molar-refractivity contribution in [2.24, 2.45) is 7.05 Å². The van der Waals surface area contributed by atoms with Crippen molar-refractivity contribution >= 4 is 55.5 Å². The van der Waals surface area contributed by atoms with Crippen molar-refractivity contribution in [3.8, 4) is 11.3 Å². The fourth-order valence-corrected chi connectivity index (χ4v) is 6.78. The predicted octanol–water partition coefficient (Wildman–Crippen LogP) is 7.05. The van der Waals surface area contributed by atoms with Crippen LogP contribution in [-0.2, 0) is 17.2 Å². The first-order valence-corrected chi connectivity index (χ1v) is 17.5. The third-order valence-corrected chi connectivity index (χ3v) is 9.52. The molecule has 0 saturated carbocycles. The molecule has 1 atom stereocenters. The second-order valence-corrected chi connectivity index (χ2v) is 13.4. The van der Waals surface area contributed by atoms with Gasteiger partial charge in [-0.15, -0.1) is 6.58 Å². The van der Waals surface area contributed by atoms with E-state index < -0.39 is 10.1 Å². The normalized spacial score (nSPS) is 14.1. The number of nitrogens with one attached hydrogen (secondary N) is 1. The predicted molar refractivity (Wildman–Crippen MR) is 200 cm³/mol. The van der Waals surface area contributed by atoms with Crippen LogP contribution in [-0.4, -0.2) is 46.7 Å². The number of fused-ring (bicyclic) bond motifs is 3. The first-order valence-electron chi connectivity index (χ1n) is 16.1. The van der Waals surface area contributed by atoms with E-state index in [0.717, 1.165) is 56.0 Å². The number of nitrogens with zero attached hydrogens (tertiary/aromatic N) is 5. The Morgan fingerprint density at radius 1 is 0.922 bits per heavy atom. The van der Waals surface area contributed by atoms with Crippen LogP contribution in [0.5, 0.6) is 0 Å². The van der Waals surface area contributed by atoms with Crippen molar-refractivity contribution < 1.29 is 22.9 Å². The molecule has 7 rings (SSSR count). The van der Waals surface area contributed by atoms with Gasteiger partial charge in [-0.2, -0.15) is 0 Å². The zero-order valence-corrected chi connectivity index (χ0v) is 29.0. The number of hydrogen-bond donors (Lipinski definition) is 0. The van der Waals surface area contributed by atoms with Crippen molar-refractivity contribution in [3.05, 3.63) is 150 Å². The highest BCUT2D eigenvalue weighted by molar-refractivity contribution is 7.85. The number of nitro benzene ring substituents is 1. The summed E-state index contributed by atoms with van der Waals surface area (Å²) in [4.78, 5) is 24.1. The van der Waals surface area contributed by atoms with Gasteiger partial charge in [0, 0.05) is 42.2 Å². The summed E-state index contributed by atoms with van der Waals surface area (Å²) in [6.45, 7) is 11.0. The molecule has 0 spiro atoms. The fourth-order valence-electron chi connectivity index (χ4n) is 6.31. The Labute approximate surface area is 296 Å². The first-order chi connectivity index (χ1) is 24.5. The van der Waals surface area contributed by atoms with Crippen LogP contribution in [0.15, 0.2) is 133 Å². The van der Waals surface area contributed by atoms with Crippen molar-refractivity contribution in [3.63, 3.8) is 0 Å². The van der Waals surface area contributed by atoms with Gasteiger partial charge in [0.2, 0.25) is 5.82 Å². The molecule has 0 radical (unpaired) electrons. The zero-order valence-electron chi connectivity index (χ0n) is 28.1. The van der Waals surface area contributed by atoms with Gasteiger partial charge in [0.15, 0.2) is 11.7 Å². The van der Waals surface area contributed by atoms with Crippen LogP contribution in [0.25, 0.3) is 39.3 Å². The van der Waals surface area contributed by atoms with E-state index in [2.05, 4.69) is 56.8 Å². The molecule has 4 aromatic carbocycles. The average molecular weight is 701 g/mol. The molecule has 6 aromatic rings. The Hall–Kier alpha value is -6.11. The minimum Gasteiger partial charge on any atom is -0.744 e. The molecule has 0 aliphatic carbocycles. The third kappa shape index (κ3) is 7.00. The Balaban J connectivity index is 0.000000349. The molecule has 11 nitrogen and oxygen atoms in total. The largest absolute Gasteiger partial charge is 0.744 e. The number of hydrogen-bond acceptors (Lipinski definition) is 8. The Bertz CT molecular complexity index is 2350. The van der Waals surface area contributed by atoms with Gasteiger partial charge in [-0.25, -0.2) is 23.3 Å². The quantitative estimate of drug-likeness (QED) is 0.0677. The summed E-state index contributed by atoms with van der Waals surface area (Å²) in [6.07, 6.45) is 7.77. The Kier molecular flexibility index (Phi) is 9.81. The lowest BCUT2D eigenvalue weighted by atomic mass is 10.0. The summed E-state index contributed by atoms with van der Waals surface area (Å²) in [6, 6.07) is 28.9. The van der Waals surface area contributed by atoms with Crippen molar-refractivity contribution in [2.45, 2.75) is 18.0 Å². The molecular weight excluding hydrogens is 665 g/mol. The maximum absolute atomic E-state index is 11.7. The van der Waals surface area contributed by atoms with E-state index in [1.54, 1.807) is 24.3 Å². The number of aryl methyl sites for hydroxylation is 2. The van der Waals surface area contributed by atoms with E-state index in [-0.39, 0.29) is 21.7 Å². The molecule has 0 saturated heterocycles. The molecule has 12 heteroatoms. The molecule has 2 aromatic heterocycles. The first kappa shape index (κ1) is 34.7. The molecule has 1 N–H and O–H groups in total. The lowest BCUT2D eigenvalue weighted by molar-refractivity contribution is -0.384. The number of benzene rings is 4. The number of anilines is 2. The molecule has 1 aliphatic rings. The number of aromatic nitrogens is 3. The molecule has 0 fully saturated rings. The Morgan fingerprint density at radius 3 is 2.25 bits per heavy atom. The van der Waals surface area contributed by atoms with Crippen molar-refractivity contribution in [1.82, 2.24) is 9.55 Å². The number of rotatable bonds is 9. The van der Waals surface area contributed by atoms with Crippen molar-refractivity contribution in [1.29, 1.82) is 0 Å². The van der Waals surface area contributed by atoms with Gasteiger partial charge in [-0.05, 0) is 48.9 Å². The maximum Gasteiger partial charge on any atom is 0.320 e. The van der Waals surface area contributed by atoms with E-state index in [4.69, 9.17) is 4.98 Å². The fraction of sp³-hybridized carbons (Fsp3) is 0.128. The number of non-ortho nitro benzene ring substituents is 1. The second kappa shape index (κ2) is 14.4. The van der Waals surface area contributed by atoms with Crippen LogP contribution in [0.3, 0.4) is 0 Å². The smallest absolute Gasteiger partial charge is 0.320 e. The maximum atomic E-state index is 11.7. The summed E-state index contributed by atoms with van der Waals surface area (Å²) < 4.78 is 33.3. The van der Waals surface area contributed by atoms with Crippen LogP contribution in [0.2, 0.25) is 0 Å². The third-order valence-electron chi connectivity index (χ3n) is 8.67. The SMILES string of the molecule is C=CCN1c2nc3ccccc3[nH+]c2N(CC=C)C1/C=C/c1c(-c2ccccc2)n(C)c2ccc([N+](=O)[O-])cc12.Cc1ccc(S(=O)(=O)[O-])cc1. The molecule has 258 valence electrons. The van der Waals surface area contributed by atoms with E-state index >= 15 is 0 Å². The second-order valence-electron chi connectivity index (χ2n) is 12.0. The van der Waals surface area contributed by atoms with Gasteiger partial charge in [0.1, 0.15) is 22.2 Å². The van der Waals surface area contributed by atoms with Crippen LogP contribution in [0, 0.1) is 17.0 Å². The number of para-hydroxylation sites is 2. The highest BCUT2D eigenvalue weighted by Crippen LogP contribution is 2.39. The molecule has 0 amide bonds. The molecule has 0 bridgehead atoms. The standard InChI is InChI=1S/C32H28N6O2.C7H8O3S/c1-4-19-36-29(37(20-5-2)32-31(36)33-26-13-9-10-14-27(26)34-32)18-16-24-25-21-23(38(39)40)15-17-28(25)35(3)30(24)22-11-7-6-8-12-22;1-6-2-4-7(5-3-6)11(8,9)10/h4-18,21,29H,1-2,19-20H2,3H3;2-5H,1H3,(H,8,9,10)/b18-16+;. The van der Waals surface area contributed by atoms with E-state index in [9.17, 15) is 23.1 Å². The lowest BCUT2D eigenvalue weighted by Crippen LogP contribution is -2.43. The monoisotopic (exact) mass is 700 g/mol. The minimum atomic E-state index is -4.27. The van der Waals surface area contributed by atoms with Crippen molar-refractivity contribution in [2.75, 3.05) is 22.9 Å². The summed E-state index contributed by atoms with van der Waals surface area (Å²) in [7, 11) is -2.27. The van der Waals surface area contributed by atoms with Crippen LogP contribution < -0.4 is 14.8 Å². The van der Waals surface area contributed by atoms with E-state index in [1.165, 1.54) is 12.1 Å². The topological polar surface area (TPSA) is 139 Å². The summed E-state index contributed by atoms with van der Waals surface area (Å²) in [5.41, 5.74) is 6.69. The number of H-pyrrole nitrogens is 1. The van der Waals surface area contributed by atoms with E-state index in [1.807, 2.05) is 74.7 Å². The van der Waals surface area contributed by atoms with Gasteiger partial charge in [-0.1, -0.05) is 85.0 Å². The van der Waals surface area contributed by atoms with Crippen LogP contribution >= 0.6 is 0 Å². The van der Waals surface area contributed by atoms with Gasteiger partial charge < -0.3 is 14.0 Å². The van der Waals surface area contributed by atoms with Gasteiger partial charge in [-0.3, -0.25) is 10.1 Å². The summed E-state index contributed by atoms with van der Waals surface area (Å²) in [5.74, 6) is 1.75. The molecular formula is C39H36N6O5S. The summed E-state index contributed by atoms with van der Waals surface area (Å²) >= 11 is 0.